The second kappa shape index (κ2) is 13.6. The number of aromatic nitrogens is 2. The first-order chi connectivity index (χ1) is 19.2. The highest BCUT2D eigenvalue weighted by Gasteiger charge is 2.25. The second-order valence-corrected chi connectivity index (χ2v) is 10.8. The summed E-state index contributed by atoms with van der Waals surface area (Å²) in [7, 11) is 3.89. The summed E-state index contributed by atoms with van der Waals surface area (Å²) in [6, 6.07) is 12.6. The van der Waals surface area contributed by atoms with Crippen molar-refractivity contribution in [1.29, 1.82) is 0 Å². The van der Waals surface area contributed by atoms with Crippen LogP contribution in [0.5, 0.6) is 0 Å². The Bertz CT molecular complexity index is 1360. The molecule has 0 saturated carbocycles. The van der Waals surface area contributed by atoms with Gasteiger partial charge in [0, 0.05) is 43.5 Å². The largest absolute Gasteiger partial charge is 0.372 e. The number of anilines is 3. The summed E-state index contributed by atoms with van der Waals surface area (Å²) in [6.07, 6.45) is 6.81. The van der Waals surface area contributed by atoms with E-state index in [1.807, 2.05) is 49.3 Å². The van der Waals surface area contributed by atoms with Gasteiger partial charge < -0.3 is 20.4 Å². The van der Waals surface area contributed by atoms with Crippen LogP contribution < -0.4 is 15.5 Å². The Morgan fingerprint density at radius 1 is 1.05 bits per heavy atom. The highest BCUT2D eigenvalue weighted by atomic mass is 35.5. The second-order valence-electron chi connectivity index (χ2n) is 9.97. The SMILES string of the molecule is CN(C)C/C=C/C(=O)Nc1ccc(N2CCC(CC(=O)c3[nH]ncc3NC(=O)c3c(Cl)cccc3Cl)CC2)cc1. The lowest BCUT2D eigenvalue weighted by molar-refractivity contribution is -0.111. The Morgan fingerprint density at radius 2 is 1.73 bits per heavy atom. The zero-order valence-electron chi connectivity index (χ0n) is 22.4. The van der Waals surface area contributed by atoms with E-state index in [0.29, 0.717) is 18.7 Å². The van der Waals surface area contributed by atoms with E-state index in [0.717, 1.165) is 37.3 Å². The van der Waals surface area contributed by atoms with E-state index in [1.54, 1.807) is 18.2 Å². The molecule has 210 valence electrons. The van der Waals surface area contributed by atoms with E-state index in [1.165, 1.54) is 12.3 Å². The molecule has 3 aromatic rings. The number of benzene rings is 2. The van der Waals surface area contributed by atoms with Gasteiger partial charge >= 0.3 is 0 Å². The topological polar surface area (TPSA) is 110 Å². The fraction of sp³-hybridized carbons (Fsp3) is 0.310. The molecule has 1 saturated heterocycles. The fourth-order valence-electron chi connectivity index (χ4n) is 4.56. The van der Waals surface area contributed by atoms with Crippen LogP contribution >= 0.6 is 23.2 Å². The van der Waals surface area contributed by atoms with E-state index < -0.39 is 5.91 Å². The number of nitrogens with zero attached hydrogens (tertiary/aromatic N) is 3. The zero-order chi connectivity index (χ0) is 28.6. The molecule has 1 aliphatic heterocycles. The number of rotatable bonds is 10. The molecule has 40 heavy (non-hydrogen) atoms. The van der Waals surface area contributed by atoms with Gasteiger partial charge in [-0.05, 0) is 69.3 Å². The lowest BCUT2D eigenvalue weighted by Crippen LogP contribution is -2.34. The lowest BCUT2D eigenvalue weighted by atomic mass is 9.90. The predicted octanol–water partition coefficient (Wildman–Crippen LogP) is 5.51. The summed E-state index contributed by atoms with van der Waals surface area (Å²) >= 11 is 12.3. The minimum absolute atomic E-state index is 0.115. The molecule has 1 aliphatic rings. The molecule has 4 rings (SSSR count). The van der Waals surface area contributed by atoms with Crippen molar-refractivity contribution in [1.82, 2.24) is 15.1 Å². The maximum atomic E-state index is 13.1. The zero-order valence-corrected chi connectivity index (χ0v) is 23.9. The smallest absolute Gasteiger partial charge is 0.258 e. The van der Waals surface area contributed by atoms with Crippen molar-refractivity contribution in [2.75, 3.05) is 49.3 Å². The highest BCUT2D eigenvalue weighted by molar-refractivity contribution is 6.40. The van der Waals surface area contributed by atoms with Crippen LogP contribution in [0.1, 0.15) is 40.1 Å². The number of hydrogen-bond acceptors (Lipinski definition) is 6. The van der Waals surface area contributed by atoms with Crippen molar-refractivity contribution >= 4 is 57.9 Å². The molecule has 0 unspecified atom stereocenters. The first-order valence-corrected chi connectivity index (χ1v) is 13.8. The third-order valence-electron chi connectivity index (χ3n) is 6.68. The molecule has 3 N–H and O–H groups in total. The van der Waals surface area contributed by atoms with Crippen LogP contribution in [-0.4, -0.2) is 66.4 Å². The predicted molar refractivity (Wildman–Crippen MR) is 160 cm³/mol. The molecule has 0 aliphatic carbocycles. The van der Waals surface area contributed by atoms with Crippen LogP contribution in [0, 0.1) is 5.92 Å². The van der Waals surface area contributed by atoms with Gasteiger partial charge in [-0.15, -0.1) is 0 Å². The van der Waals surface area contributed by atoms with Crippen LogP contribution in [0.2, 0.25) is 10.0 Å². The summed E-state index contributed by atoms with van der Waals surface area (Å²) in [5, 5.41) is 12.7. The number of H-pyrrole nitrogens is 1. The van der Waals surface area contributed by atoms with Crippen molar-refractivity contribution in [2.24, 2.45) is 5.92 Å². The molecule has 2 amide bonds. The number of nitrogens with one attached hydrogen (secondary N) is 3. The van der Waals surface area contributed by atoms with Gasteiger partial charge in [0.05, 0.1) is 27.5 Å². The number of Topliss-reactive ketones (excluding diaryl/α,β-unsaturated/α-hetero) is 1. The van der Waals surface area contributed by atoms with Gasteiger partial charge in [-0.25, -0.2) is 0 Å². The first kappa shape index (κ1) is 29.3. The van der Waals surface area contributed by atoms with E-state index in [2.05, 4.69) is 25.7 Å². The summed E-state index contributed by atoms with van der Waals surface area (Å²) in [5.41, 5.74) is 2.51. The molecule has 11 heteroatoms. The molecule has 1 fully saturated rings. The molecule has 0 radical (unpaired) electrons. The molecular formula is C29H32Cl2N6O3. The van der Waals surface area contributed by atoms with Gasteiger partial charge in [0.1, 0.15) is 5.69 Å². The molecular weight excluding hydrogens is 551 g/mol. The maximum Gasteiger partial charge on any atom is 0.258 e. The number of piperidine rings is 1. The third-order valence-corrected chi connectivity index (χ3v) is 7.31. The lowest BCUT2D eigenvalue weighted by Gasteiger charge is -2.33. The molecule has 1 aromatic heterocycles. The number of aromatic amines is 1. The highest BCUT2D eigenvalue weighted by Crippen LogP contribution is 2.29. The van der Waals surface area contributed by atoms with E-state index in [9.17, 15) is 14.4 Å². The third kappa shape index (κ3) is 7.71. The van der Waals surface area contributed by atoms with Crippen molar-refractivity contribution in [3.63, 3.8) is 0 Å². The molecule has 0 atom stereocenters. The monoisotopic (exact) mass is 582 g/mol. The van der Waals surface area contributed by atoms with Crippen LogP contribution in [-0.2, 0) is 4.79 Å². The average molecular weight is 584 g/mol. The Kier molecular flexibility index (Phi) is 9.98. The van der Waals surface area contributed by atoms with Gasteiger partial charge in [-0.2, -0.15) is 5.10 Å². The molecule has 0 spiro atoms. The number of carbonyl (C=O) groups is 3. The fourth-order valence-corrected chi connectivity index (χ4v) is 5.13. The number of halogens is 2. The van der Waals surface area contributed by atoms with Crippen molar-refractivity contribution in [3.05, 3.63) is 82.1 Å². The number of likely N-dealkylation sites (N-methyl/N-ethyl adjacent to an activating group) is 1. The summed E-state index contributed by atoms with van der Waals surface area (Å²) < 4.78 is 0. The van der Waals surface area contributed by atoms with Crippen LogP contribution in [0.3, 0.4) is 0 Å². The van der Waals surface area contributed by atoms with Gasteiger partial charge in [0.15, 0.2) is 5.78 Å². The number of amides is 2. The minimum atomic E-state index is -0.509. The van der Waals surface area contributed by atoms with E-state index in [-0.39, 0.29) is 38.9 Å². The summed E-state index contributed by atoms with van der Waals surface area (Å²) in [4.78, 5) is 42.2. The van der Waals surface area contributed by atoms with Crippen LogP contribution in [0.15, 0.2) is 60.8 Å². The molecule has 2 aromatic carbocycles. The number of carbonyl (C=O) groups excluding carboxylic acids is 3. The number of hydrogen-bond donors (Lipinski definition) is 3. The quantitative estimate of drug-likeness (QED) is 0.214. The molecule has 9 nitrogen and oxygen atoms in total. The minimum Gasteiger partial charge on any atom is -0.372 e. The summed E-state index contributed by atoms with van der Waals surface area (Å²) in [6.45, 7) is 2.33. The number of ketones is 1. The Balaban J connectivity index is 1.27. The standard InChI is InChI=1S/C29H32Cl2N6O3/c1-36(2)14-4-7-26(39)33-20-8-10-21(11-9-20)37-15-12-19(13-16-37)17-25(38)28-24(18-32-35-28)34-29(40)27-22(30)5-3-6-23(27)31/h3-11,18-19H,12-17H2,1-2H3,(H,32,35)(H,33,39)(H,34,40)/b7-4+. The van der Waals surface area contributed by atoms with Gasteiger partial charge in [-0.3, -0.25) is 19.5 Å². The van der Waals surface area contributed by atoms with Gasteiger partial charge in [0.25, 0.3) is 5.91 Å². The van der Waals surface area contributed by atoms with Crippen molar-refractivity contribution in [2.45, 2.75) is 19.3 Å². The van der Waals surface area contributed by atoms with Crippen LogP contribution in [0.4, 0.5) is 17.1 Å². The average Bonchev–Trinajstić information content (AvgIpc) is 3.37. The Hall–Kier alpha value is -3.66. The van der Waals surface area contributed by atoms with E-state index >= 15 is 0 Å². The first-order valence-electron chi connectivity index (χ1n) is 13.0. The van der Waals surface area contributed by atoms with Crippen molar-refractivity contribution in [3.8, 4) is 0 Å². The van der Waals surface area contributed by atoms with Crippen LogP contribution in [0.25, 0.3) is 0 Å². The normalized spacial score (nSPS) is 14.1. The summed E-state index contributed by atoms with van der Waals surface area (Å²) in [5.74, 6) is -0.573. The Labute approximate surface area is 243 Å². The van der Waals surface area contributed by atoms with E-state index in [4.69, 9.17) is 23.2 Å². The molecule has 2 heterocycles. The molecule has 0 bridgehead atoms. The van der Waals surface area contributed by atoms with Gasteiger partial charge in [0.2, 0.25) is 5.91 Å². The Morgan fingerprint density at radius 3 is 2.38 bits per heavy atom. The van der Waals surface area contributed by atoms with Gasteiger partial charge in [-0.1, -0.05) is 35.3 Å². The maximum absolute atomic E-state index is 13.1. The van der Waals surface area contributed by atoms with Crippen molar-refractivity contribution < 1.29 is 14.4 Å².